The van der Waals surface area contributed by atoms with Gasteiger partial charge in [0.15, 0.2) is 0 Å². The Morgan fingerprint density at radius 2 is 1.94 bits per heavy atom. The van der Waals surface area contributed by atoms with Gasteiger partial charge >= 0.3 is 6.09 Å². The lowest BCUT2D eigenvalue weighted by Crippen LogP contribution is -2.27. The highest BCUT2D eigenvalue weighted by Gasteiger charge is 2.02. The molecule has 0 atom stereocenters. The van der Waals surface area contributed by atoms with Gasteiger partial charge in [-0.3, -0.25) is 0 Å². The molecule has 0 aromatic heterocycles. The normalized spacial score (nSPS) is 9.88. The van der Waals surface area contributed by atoms with E-state index < -0.39 is 0 Å². The summed E-state index contributed by atoms with van der Waals surface area (Å²) in [5.74, 6) is 0.582. The van der Waals surface area contributed by atoms with E-state index in [4.69, 9.17) is 4.74 Å². The number of aryl methyl sites for hydroxylation is 1. The van der Waals surface area contributed by atoms with Gasteiger partial charge in [0.25, 0.3) is 0 Å². The maximum Gasteiger partial charge on any atom is 0.412 e. The minimum Gasteiger partial charge on any atom is -0.410 e. The summed E-state index contributed by atoms with van der Waals surface area (Å²) in [6.07, 6.45) is 2.90. The van der Waals surface area contributed by atoms with E-state index in [0.717, 1.165) is 24.8 Å². The van der Waals surface area contributed by atoms with Crippen molar-refractivity contribution < 1.29 is 9.53 Å². The third-order valence-corrected chi connectivity index (χ3v) is 2.28. The van der Waals surface area contributed by atoms with Gasteiger partial charge in [0.1, 0.15) is 5.75 Å². The van der Waals surface area contributed by atoms with Crippen LogP contribution in [0, 0.1) is 6.92 Å². The van der Waals surface area contributed by atoms with Gasteiger partial charge in [-0.1, -0.05) is 37.5 Å². The molecule has 1 amide bonds. The van der Waals surface area contributed by atoms with E-state index in [-0.39, 0.29) is 6.09 Å². The number of ether oxygens (including phenoxy) is 1. The van der Waals surface area contributed by atoms with Crippen molar-refractivity contribution in [3.05, 3.63) is 29.8 Å². The van der Waals surface area contributed by atoms with Crippen molar-refractivity contribution in [1.29, 1.82) is 0 Å². The van der Waals surface area contributed by atoms with Crippen molar-refractivity contribution in [1.82, 2.24) is 5.32 Å². The molecule has 0 unspecified atom stereocenters. The van der Waals surface area contributed by atoms with Gasteiger partial charge < -0.3 is 10.1 Å². The summed E-state index contributed by atoms with van der Waals surface area (Å²) in [4.78, 5) is 11.3. The number of hydrogen-bond acceptors (Lipinski definition) is 2. The number of unbranched alkanes of at least 4 members (excludes halogenated alkanes) is 2. The first-order chi connectivity index (χ1) is 7.72. The summed E-state index contributed by atoms with van der Waals surface area (Å²) in [5, 5.41) is 2.72. The maximum atomic E-state index is 11.3. The fraction of sp³-hybridized carbons (Fsp3) is 0.462. The summed E-state index contributed by atoms with van der Waals surface area (Å²) in [6.45, 7) is 4.80. The molecule has 1 rings (SSSR count). The molecule has 3 heteroatoms. The molecule has 0 saturated carbocycles. The molecular weight excluding hydrogens is 202 g/mol. The SMILES string of the molecule is CCCCCNC(=O)Oc1ccc(C)cc1. The van der Waals surface area contributed by atoms with E-state index in [2.05, 4.69) is 12.2 Å². The molecule has 0 spiro atoms. The largest absolute Gasteiger partial charge is 0.412 e. The summed E-state index contributed by atoms with van der Waals surface area (Å²) in [7, 11) is 0. The van der Waals surface area contributed by atoms with E-state index in [9.17, 15) is 4.79 Å². The molecular formula is C13H19NO2. The Kier molecular flexibility index (Phi) is 5.40. The fourth-order valence-electron chi connectivity index (χ4n) is 1.31. The second kappa shape index (κ2) is 6.88. The zero-order valence-corrected chi connectivity index (χ0v) is 9.95. The van der Waals surface area contributed by atoms with Crippen molar-refractivity contribution in [3.8, 4) is 5.75 Å². The van der Waals surface area contributed by atoms with Gasteiger partial charge in [-0.25, -0.2) is 4.79 Å². The predicted molar refractivity (Wildman–Crippen MR) is 64.7 cm³/mol. The van der Waals surface area contributed by atoms with Gasteiger partial charge in [-0.05, 0) is 25.5 Å². The lowest BCUT2D eigenvalue weighted by Gasteiger charge is -2.06. The molecule has 1 aromatic rings. The molecule has 0 aliphatic carbocycles. The Balaban J connectivity index is 2.26. The van der Waals surface area contributed by atoms with Gasteiger partial charge in [-0.2, -0.15) is 0 Å². The van der Waals surface area contributed by atoms with Crippen LogP contribution in [0.25, 0.3) is 0 Å². The molecule has 1 N–H and O–H groups in total. The van der Waals surface area contributed by atoms with Crippen molar-refractivity contribution in [3.63, 3.8) is 0 Å². The Bertz CT molecular complexity index is 319. The van der Waals surface area contributed by atoms with E-state index >= 15 is 0 Å². The average Bonchev–Trinajstić information content (AvgIpc) is 2.28. The molecule has 0 bridgehead atoms. The second-order valence-corrected chi connectivity index (χ2v) is 3.84. The van der Waals surface area contributed by atoms with E-state index in [1.54, 1.807) is 12.1 Å². The summed E-state index contributed by atoms with van der Waals surface area (Å²) < 4.78 is 5.10. The minimum absolute atomic E-state index is 0.375. The van der Waals surface area contributed by atoms with Crippen molar-refractivity contribution >= 4 is 6.09 Å². The minimum atomic E-state index is -0.375. The van der Waals surface area contributed by atoms with Crippen LogP contribution in [0.2, 0.25) is 0 Å². The van der Waals surface area contributed by atoms with E-state index in [1.807, 2.05) is 19.1 Å². The fourth-order valence-corrected chi connectivity index (χ4v) is 1.31. The van der Waals surface area contributed by atoms with Crippen molar-refractivity contribution in [2.75, 3.05) is 6.54 Å². The highest BCUT2D eigenvalue weighted by molar-refractivity contribution is 5.70. The Morgan fingerprint density at radius 1 is 1.25 bits per heavy atom. The summed E-state index contributed by atoms with van der Waals surface area (Å²) in [5.41, 5.74) is 1.15. The number of carbonyl (C=O) groups excluding carboxylic acids is 1. The van der Waals surface area contributed by atoms with Crippen LogP contribution in [-0.4, -0.2) is 12.6 Å². The third kappa shape index (κ3) is 4.82. The van der Waals surface area contributed by atoms with E-state index in [0.29, 0.717) is 12.3 Å². The number of hydrogen-bond donors (Lipinski definition) is 1. The van der Waals surface area contributed by atoms with Crippen molar-refractivity contribution in [2.24, 2.45) is 0 Å². The first-order valence-electron chi connectivity index (χ1n) is 5.74. The molecule has 0 fully saturated rings. The van der Waals surface area contributed by atoms with Gasteiger partial charge in [0.05, 0.1) is 0 Å². The van der Waals surface area contributed by atoms with Crippen LogP contribution in [0.4, 0.5) is 4.79 Å². The van der Waals surface area contributed by atoms with Crippen LogP contribution in [0.3, 0.4) is 0 Å². The number of carbonyl (C=O) groups is 1. The van der Waals surface area contributed by atoms with Crippen LogP contribution >= 0.6 is 0 Å². The molecule has 1 aromatic carbocycles. The number of nitrogens with one attached hydrogen (secondary N) is 1. The highest BCUT2D eigenvalue weighted by atomic mass is 16.5. The van der Waals surface area contributed by atoms with Crippen LogP contribution in [-0.2, 0) is 0 Å². The lowest BCUT2D eigenvalue weighted by molar-refractivity contribution is 0.200. The number of rotatable bonds is 5. The monoisotopic (exact) mass is 221 g/mol. The summed E-state index contributed by atoms with van der Waals surface area (Å²) in [6, 6.07) is 7.42. The molecule has 0 aliphatic rings. The number of benzene rings is 1. The molecule has 0 saturated heterocycles. The van der Waals surface area contributed by atoms with E-state index in [1.165, 1.54) is 0 Å². The van der Waals surface area contributed by atoms with Gasteiger partial charge in [-0.15, -0.1) is 0 Å². The first kappa shape index (κ1) is 12.6. The first-order valence-corrected chi connectivity index (χ1v) is 5.74. The molecule has 0 heterocycles. The Morgan fingerprint density at radius 3 is 2.56 bits per heavy atom. The Hall–Kier alpha value is -1.51. The lowest BCUT2D eigenvalue weighted by atomic mass is 10.2. The second-order valence-electron chi connectivity index (χ2n) is 3.84. The Labute approximate surface area is 96.8 Å². The van der Waals surface area contributed by atoms with Crippen LogP contribution < -0.4 is 10.1 Å². The molecule has 0 radical (unpaired) electrons. The maximum absolute atomic E-state index is 11.3. The predicted octanol–water partition coefficient (Wildman–Crippen LogP) is 3.27. The standard InChI is InChI=1S/C13H19NO2/c1-3-4-5-10-14-13(15)16-12-8-6-11(2)7-9-12/h6-9H,3-5,10H2,1-2H3,(H,14,15). The van der Waals surface area contributed by atoms with Crippen molar-refractivity contribution in [2.45, 2.75) is 33.1 Å². The average molecular weight is 221 g/mol. The summed E-state index contributed by atoms with van der Waals surface area (Å²) >= 11 is 0. The van der Waals surface area contributed by atoms with Gasteiger partial charge in [0, 0.05) is 6.54 Å². The van der Waals surface area contributed by atoms with Crippen LogP contribution in [0.5, 0.6) is 5.75 Å². The van der Waals surface area contributed by atoms with Gasteiger partial charge in [0.2, 0.25) is 0 Å². The zero-order valence-electron chi connectivity index (χ0n) is 9.95. The van der Waals surface area contributed by atoms with Crippen LogP contribution in [0.15, 0.2) is 24.3 Å². The third-order valence-electron chi connectivity index (χ3n) is 2.28. The highest BCUT2D eigenvalue weighted by Crippen LogP contribution is 2.11. The molecule has 0 aliphatic heterocycles. The smallest absolute Gasteiger partial charge is 0.410 e. The molecule has 88 valence electrons. The van der Waals surface area contributed by atoms with Crippen LogP contribution in [0.1, 0.15) is 31.7 Å². The molecule has 16 heavy (non-hydrogen) atoms. The quantitative estimate of drug-likeness (QED) is 0.775. The topological polar surface area (TPSA) is 38.3 Å². The zero-order chi connectivity index (χ0) is 11.8. The number of amides is 1. The molecule has 3 nitrogen and oxygen atoms in total.